The van der Waals surface area contributed by atoms with Crippen LogP contribution in [0.15, 0.2) is 16.9 Å². The van der Waals surface area contributed by atoms with Gasteiger partial charge in [0.05, 0.1) is 0 Å². The molecule has 8 heteroatoms. The quantitative estimate of drug-likeness (QED) is 0.805. The molecule has 1 fully saturated rings. The van der Waals surface area contributed by atoms with Crippen LogP contribution in [-0.4, -0.2) is 67.1 Å². The Bertz CT molecular complexity index is 678. The number of piperidine rings is 1. The Morgan fingerprint density at radius 1 is 1.23 bits per heavy atom. The molecule has 2 atom stereocenters. The molecule has 1 aromatic rings. The van der Waals surface area contributed by atoms with Crippen molar-refractivity contribution >= 4 is 30.7 Å². The summed E-state index contributed by atoms with van der Waals surface area (Å²) in [6.45, 7) is 6.61. The maximum atomic E-state index is 12.9. The summed E-state index contributed by atoms with van der Waals surface area (Å²) >= 11 is 0. The molecule has 1 aromatic heterocycles. The van der Waals surface area contributed by atoms with Gasteiger partial charge in [-0.25, -0.2) is 0 Å². The number of nitrogens with zero attached hydrogens (tertiary/aromatic N) is 3. The number of carbonyl (C=O) groups excluding carboxylic acids is 1. The molecule has 0 spiro atoms. The first-order valence-electron chi connectivity index (χ1n) is 8.89. The topological polar surface area (TPSA) is 57.6 Å². The molecule has 1 saturated heterocycles. The van der Waals surface area contributed by atoms with Gasteiger partial charge in [0, 0.05) is 44.3 Å². The van der Waals surface area contributed by atoms with Crippen LogP contribution in [0, 0.1) is 5.92 Å². The molecule has 1 N–H and O–H groups in total. The van der Waals surface area contributed by atoms with Crippen molar-refractivity contribution in [2.75, 3.05) is 46.8 Å². The number of halogens is 2. The van der Waals surface area contributed by atoms with Crippen molar-refractivity contribution in [2.45, 2.75) is 25.8 Å². The van der Waals surface area contributed by atoms with Crippen molar-refractivity contribution < 1.29 is 4.79 Å². The summed E-state index contributed by atoms with van der Waals surface area (Å²) in [7, 11) is 3.97. The van der Waals surface area contributed by atoms with Gasteiger partial charge in [-0.05, 0) is 52.0 Å². The predicted octanol–water partition coefficient (Wildman–Crippen LogP) is 1.42. The molecule has 0 unspecified atom stereocenters. The molecule has 6 nitrogen and oxygen atoms in total. The SMILES string of the molecule is CCN(CCN(C)C)C(=O)c1ccc2n(c1=O)C[C@@H]1CNC[C@H]2C1.Cl.Cl. The average molecular weight is 405 g/mol. The van der Waals surface area contributed by atoms with Crippen LogP contribution in [0.3, 0.4) is 0 Å². The molecule has 0 saturated carbocycles. The fraction of sp³-hybridized carbons (Fsp3) is 0.667. The van der Waals surface area contributed by atoms with E-state index in [2.05, 4.69) is 5.32 Å². The van der Waals surface area contributed by atoms with Crippen molar-refractivity contribution in [2.24, 2.45) is 5.92 Å². The summed E-state index contributed by atoms with van der Waals surface area (Å²) in [5.74, 6) is 0.745. The molecule has 2 aliphatic rings. The minimum atomic E-state index is -0.145. The minimum Gasteiger partial charge on any atom is -0.337 e. The zero-order valence-electron chi connectivity index (χ0n) is 15.7. The van der Waals surface area contributed by atoms with Crippen LogP contribution in [0.4, 0.5) is 0 Å². The van der Waals surface area contributed by atoms with Gasteiger partial charge in [0.15, 0.2) is 0 Å². The Labute approximate surface area is 167 Å². The summed E-state index contributed by atoms with van der Waals surface area (Å²) in [4.78, 5) is 29.6. The summed E-state index contributed by atoms with van der Waals surface area (Å²) in [5, 5.41) is 3.44. The van der Waals surface area contributed by atoms with Gasteiger partial charge in [-0.3, -0.25) is 9.59 Å². The third-order valence-electron chi connectivity index (χ3n) is 5.23. The highest BCUT2D eigenvalue weighted by atomic mass is 35.5. The van der Waals surface area contributed by atoms with Crippen molar-refractivity contribution in [3.05, 3.63) is 33.7 Å². The highest BCUT2D eigenvalue weighted by Gasteiger charge is 2.32. The number of hydrogen-bond donors (Lipinski definition) is 1. The first-order valence-corrected chi connectivity index (χ1v) is 8.89. The molecular formula is C18H30Cl2N4O2. The van der Waals surface area contributed by atoms with E-state index in [0.717, 1.165) is 38.3 Å². The largest absolute Gasteiger partial charge is 0.337 e. The van der Waals surface area contributed by atoms with Crippen LogP contribution in [0.1, 0.15) is 35.3 Å². The van der Waals surface area contributed by atoms with E-state index in [1.165, 1.54) is 0 Å². The summed E-state index contributed by atoms with van der Waals surface area (Å²) < 4.78 is 1.85. The standard InChI is InChI=1S/C18H28N4O2.2ClH/c1-4-21(8-7-20(2)3)17(23)15-5-6-16-14-9-13(10-19-11-14)12-22(16)18(15)24;;/h5-6,13-14,19H,4,7-12H2,1-3H3;2*1H/t13-,14+;;/m0../s1. The summed E-state index contributed by atoms with van der Waals surface area (Å²) in [6.07, 6.45) is 1.14. The second kappa shape index (κ2) is 9.74. The highest BCUT2D eigenvalue weighted by Crippen LogP contribution is 2.31. The maximum Gasteiger partial charge on any atom is 0.263 e. The number of amides is 1. The Kier molecular flexibility index (Phi) is 8.60. The molecule has 2 aliphatic heterocycles. The third-order valence-corrected chi connectivity index (χ3v) is 5.23. The van der Waals surface area contributed by atoms with E-state index in [1.54, 1.807) is 11.0 Å². The van der Waals surface area contributed by atoms with E-state index in [9.17, 15) is 9.59 Å². The molecule has 3 heterocycles. The monoisotopic (exact) mass is 404 g/mol. The second-order valence-corrected chi connectivity index (χ2v) is 7.23. The van der Waals surface area contributed by atoms with E-state index < -0.39 is 0 Å². The molecule has 3 rings (SSSR count). The van der Waals surface area contributed by atoms with E-state index in [0.29, 0.717) is 30.5 Å². The van der Waals surface area contributed by atoms with Gasteiger partial charge in [0.25, 0.3) is 11.5 Å². The lowest BCUT2D eigenvalue weighted by Gasteiger charge is -2.37. The van der Waals surface area contributed by atoms with Crippen LogP contribution < -0.4 is 10.9 Å². The van der Waals surface area contributed by atoms with E-state index >= 15 is 0 Å². The number of fused-ring (bicyclic) bond motifs is 4. The average Bonchev–Trinajstić information content (AvgIpc) is 2.56. The first-order chi connectivity index (χ1) is 11.5. The molecule has 26 heavy (non-hydrogen) atoms. The second-order valence-electron chi connectivity index (χ2n) is 7.23. The molecular weight excluding hydrogens is 375 g/mol. The van der Waals surface area contributed by atoms with Crippen molar-refractivity contribution in [3.8, 4) is 0 Å². The Balaban J connectivity index is 0.00000169. The normalized spacial score (nSPS) is 20.6. The lowest BCUT2D eigenvalue weighted by Crippen LogP contribution is -2.46. The predicted molar refractivity (Wildman–Crippen MR) is 109 cm³/mol. The van der Waals surface area contributed by atoms with Gasteiger partial charge in [-0.15, -0.1) is 24.8 Å². The number of aromatic nitrogens is 1. The first kappa shape index (κ1) is 23.0. The van der Waals surface area contributed by atoms with Gasteiger partial charge in [-0.1, -0.05) is 0 Å². The molecule has 0 aromatic carbocycles. The van der Waals surface area contributed by atoms with Crippen molar-refractivity contribution in [1.82, 2.24) is 19.7 Å². The fourth-order valence-electron chi connectivity index (χ4n) is 3.85. The van der Waals surface area contributed by atoms with Crippen LogP contribution in [0.25, 0.3) is 0 Å². The smallest absolute Gasteiger partial charge is 0.263 e. The van der Waals surface area contributed by atoms with Gasteiger partial charge < -0.3 is 19.7 Å². The molecule has 0 aliphatic carbocycles. The number of rotatable bonds is 5. The van der Waals surface area contributed by atoms with Crippen LogP contribution in [-0.2, 0) is 6.54 Å². The van der Waals surface area contributed by atoms with Crippen molar-refractivity contribution in [1.29, 1.82) is 0 Å². The maximum absolute atomic E-state index is 12.9. The lowest BCUT2D eigenvalue weighted by atomic mass is 9.84. The molecule has 148 valence electrons. The minimum absolute atomic E-state index is 0. The Hall–Kier alpha value is -1.08. The number of nitrogens with one attached hydrogen (secondary N) is 1. The number of carbonyl (C=O) groups is 1. The van der Waals surface area contributed by atoms with Gasteiger partial charge in [0.1, 0.15) is 5.56 Å². The van der Waals surface area contributed by atoms with Gasteiger partial charge in [0.2, 0.25) is 0 Å². The molecule has 2 bridgehead atoms. The molecule has 1 amide bonds. The van der Waals surface area contributed by atoms with Crippen LogP contribution in [0.5, 0.6) is 0 Å². The number of likely N-dealkylation sites (N-methyl/N-ethyl adjacent to an activating group) is 2. The molecule has 0 radical (unpaired) electrons. The lowest BCUT2D eigenvalue weighted by molar-refractivity contribution is 0.0751. The third kappa shape index (κ3) is 4.60. The number of hydrogen-bond acceptors (Lipinski definition) is 4. The highest BCUT2D eigenvalue weighted by molar-refractivity contribution is 5.93. The van der Waals surface area contributed by atoms with E-state index in [4.69, 9.17) is 0 Å². The fourth-order valence-corrected chi connectivity index (χ4v) is 3.85. The Morgan fingerprint density at radius 2 is 1.96 bits per heavy atom. The summed E-state index contributed by atoms with van der Waals surface area (Å²) in [5.41, 5.74) is 1.28. The van der Waals surface area contributed by atoms with Gasteiger partial charge >= 0.3 is 0 Å². The number of pyridine rings is 1. The zero-order chi connectivity index (χ0) is 17.3. The van der Waals surface area contributed by atoms with E-state index in [-0.39, 0.29) is 36.3 Å². The summed E-state index contributed by atoms with van der Waals surface area (Å²) in [6, 6.07) is 3.73. The zero-order valence-corrected chi connectivity index (χ0v) is 17.4. The van der Waals surface area contributed by atoms with Gasteiger partial charge in [-0.2, -0.15) is 0 Å². The Morgan fingerprint density at radius 3 is 2.62 bits per heavy atom. The van der Waals surface area contributed by atoms with Crippen LogP contribution in [0.2, 0.25) is 0 Å². The van der Waals surface area contributed by atoms with Crippen molar-refractivity contribution in [3.63, 3.8) is 0 Å². The van der Waals surface area contributed by atoms with E-state index in [1.807, 2.05) is 36.6 Å². The van der Waals surface area contributed by atoms with Crippen LogP contribution >= 0.6 is 24.8 Å².